The van der Waals surface area contributed by atoms with Crippen molar-refractivity contribution in [2.24, 2.45) is 0 Å². The van der Waals surface area contributed by atoms with Gasteiger partial charge in [-0.15, -0.1) is 0 Å². The van der Waals surface area contributed by atoms with Gasteiger partial charge in [0, 0.05) is 17.5 Å². The van der Waals surface area contributed by atoms with Gasteiger partial charge >= 0.3 is 5.69 Å². The van der Waals surface area contributed by atoms with Crippen LogP contribution in [0.3, 0.4) is 0 Å². The zero-order chi connectivity index (χ0) is 21.4. The molecule has 2 aromatic carbocycles. The van der Waals surface area contributed by atoms with E-state index in [1.165, 1.54) is 17.7 Å². The number of carbonyl (C=O) groups excluding carboxylic acids is 1. The Labute approximate surface area is 175 Å². The first kappa shape index (κ1) is 19.5. The fourth-order valence-corrected chi connectivity index (χ4v) is 3.39. The topological polar surface area (TPSA) is 114 Å². The molecule has 0 saturated heterocycles. The fraction of sp³-hybridized carbons (Fsp3) is 0.0952. The first-order valence-electron chi connectivity index (χ1n) is 8.99. The molecule has 0 radical (unpaired) electrons. The second-order valence-electron chi connectivity index (χ2n) is 6.72. The Morgan fingerprint density at radius 2 is 1.90 bits per heavy atom. The van der Waals surface area contributed by atoms with Crippen LogP contribution in [-0.2, 0) is 6.54 Å². The monoisotopic (exact) mass is 424 g/mol. The molecule has 4 aromatic rings. The molecule has 0 saturated carbocycles. The molecule has 0 aliphatic carbocycles. The molecule has 2 aromatic heterocycles. The Kier molecular flexibility index (Phi) is 4.93. The Balaban J connectivity index is 1.74. The summed E-state index contributed by atoms with van der Waals surface area (Å²) < 4.78 is 6.79. The molecule has 0 aliphatic rings. The minimum absolute atomic E-state index is 0.00868. The van der Waals surface area contributed by atoms with E-state index in [0.717, 1.165) is 10.5 Å². The Bertz CT molecular complexity index is 1370. The van der Waals surface area contributed by atoms with Crippen molar-refractivity contribution in [3.63, 3.8) is 0 Å². The van der Waals surface area contributed by atoms with Crippen LogP contribution in [-0.4, -0.2) is 22.5 Å². The normalized spacial score (nSPS) is 11.0. The largest absolute Gasteiger partial charge is 0.451 e. The number of nitrogens with zero attached hydrogens (tertiary/aromatic N) is 2. The predicted octanol–water partition coefficient (Wildman–Crippen LogP) is 2.84. The van der Waals surface area contributed by atoms with Gasteiger partial charge in [-0.2, -0.15) is 0 Å². The van der Waals surface area contributed by atoms with Crippen molar-refractivity contribution in [2.45, 2.75) is 6.54 Å². The molecule has 0 atom stereocenters. The summed E-state index contributed by atoms with van der Waals surface area (Å²) in [5.41, 5.74) is 5.86. The molecule has 2 heterocycles. The number of hydrogen-bond acceptors (Lipinski definition) is 5. The summed E-state index contributed by atoms with van der Waals surface area (Å²) in [5.74, 6) is -0.707. The molecule has 152 valence electrons. The molecule has 0 fully saturated rings. The lowest BCUT2D eigenvalue weighted by molar-refractivity contribution is 0.0968. The van der Waals surface area contributed by atoms with Crippen molar-refractivity contribution in [3.05, 3.63) is 91.8 Å². The average molecular weight is 425 g/mol. The highest BCUT2D eigenvalue weighted by Crippen LogP contribution is 2.25. The molecule has 1 amide bonds. The van der Waals surface area contributed by atoms with Gasteiger partial charge in [-0.25, -0.2) is 4.79 Å². The minimum atomic E-state index is -0.767. The maximum atomic E-state index is 13.0. The van der Waals surface area contributed by atoms with E-state index in [1.807, 2.05) is 30.3 Å². The molecule has 4 rings (SSSR count). The second-order valence-corrected chi connectivity index (χ2v) is 7.16. The van der Waals surface area contributed by atoms with Crippen LogP contribution < -0.4 is 21.9 Å². The number of fused-ring (bicyclic) bond motifs is 1. The number of nitrogens with one attached hydrogen (secondary N) is 1. The first-order valence-corrected chi connectivity index (χ1v) is 9.36. The Morgan fingerprint density at radius 3 is 2.63 bits per heavy atom. The Morgan fingerprint density at radius 1 is 1.17 bits per heavy atom. The van der Waals surface area contributed by atoms with E-state index < -0.39 is 17.2 Å². The van der Waals surface area contributed by atoms with E-state index in [9.17, 15) is 14.4 Å². The number of amides is 1. The highest BCUT2D eigenvalue weighted by Gasteiger charge is 2.24. The van der Waals surface area contributed by atoms with E-state index in [1.54, 1.807) is 18.2 Å². The number of aromatic amines is 1. The second kappa shape index (κ2) is 7.57. The van der Waals surface area contributed by atoms with E-state index >= 15 is 0 Å². The Hall–Kier alpha value is -3.78. The number of anilines is 2. The molecule has 0 unspecified atom stereocenters. The smallest absolute Gasteiger partial charge is 0.330 e. The van der Waals surface area contributed by atoms with E-state index in [2.05, 4.69) is 4.98 Å². The molecule has 9 heteroatoms. The van der Waals surface area contributed by atoms with Crippen LogP contribution in [0.1, 0.15) is 16.1 Å². The summed E-state index contributed by atoms with van der Waals surface area (Å²) in [6, 6.07) is 15.6. The quantitative estimate of drug-likeness (QED) is 0.522. The summed E-state index contributed by atoms with van der Waals surface area (Å²) in [6.45, 7) is 0.139. The number of hydrogen-bond donors (Lipinski definition) is 2. The van der Waals surface area contributed by atoms with E-state index in [0.29, 0.717) is 16.0 Å². The number of aromatic nitrogens is 2. The number of H-pyrrole nitrogens is 1. The van der Waals surface area contributed by atoms with Crippen molar-refractivity contribution in [2.75, 3.05) is 17.7 Å². The van der Waals surface area contributed by atoms with Gasteiger partial charge in [0.2, 0.25) is 0 Å². The summed E-state index contributed by atoms with van der Waals surface area (Å²) in [5, 5.41) is 1.15. The number of furan rings is 1. The predicted molar refractivity (Wildman–Crippen MR) is 115 cm³/mol. The minimum Gasteiger partial charge on any atom is -0.451 e. The molecule has 8 nitrogen and oxygen atoms in total. The van der Waals surface area contributed by atoms with Crippen LogP contribution >= 0.6 is 11.6 Å². The van der Waals surface area contributed by atoms with Gasteiger partial charge in [0.1, 0.15) is 11.4 Å². The van der Waals surface area contributed by atoms with Gasteiger partial charge in [-0.3, -0.25) is 19.1 Å². The molecule has 0 spiro atoms. The van der Waals surface area contributed by atoms with Crippen molar-refractivity contribution in [1.29, 1.82) is 0 Å². The van der Waals surface area contributed by atoms with Gasteiger partial charge in [-0.1, -0.05) is 41.9 Å². The SMILES string of the molecule is CN(C(=O)c1cc2cc(Cl)ccc2o1)c1c(N)n(Cc2ccccc2)c(=O)[nH]c1=O. The zero-order valence-corrected chi connectivity index (χ0v) is 16.6. The summed E-state index contributed by atoms with van der Waals surface area (Å²) in [4.78, 5) is 41.0. The highest BCUT2D eigenvalue weighted by molar-refractivity contribution is 6.31. The third-order valence-corrected chi connectivity index (χ3v) is 4.96. The lowest BCUT2D eigenvalue weighted by Gasteiger charge is -2.19. The van der Waals surface area contributed by atoms with Crippen LogP contribution in [0.2, 0.25) is 5.02 Å². The number of carbonyl (C=O) groups is 1. The number of nitrogen functional groups attached to an aromatic ring is 1. The molecular formula is C21H17ClN4O4. The van der Waals surface area contributed by atoms with Crippen molar-refractivity contribution in [1.82, 2.24) is 9.55 Å². The van der Waals surface area contributed by atoms with Crippen molar-refractivity contribution in [3.8, 4) is 0 Å². The average Bonchev–Trinajstić information content (AvgIpc) is 3.14. The van der Waals surface area contributed by atoms with Crippen LogP contribution in [0.4, 0.5) is 11.5 Å². The lowest BCUT2D eigenvalue weighted by Crippen LogP contribution is -2.39. The highest BCUT2D eigenvalue weighted by atomic mass is 35.5. The lowest BCUT2D eigenvalue weighted by atomic mass is 10.2. The molecule has 3 N–H and O–H groups in total. The molecule has 0 aliphatic heterocycles. The van der Waals surface area contributed by atoms with Gasteiger partial charge in [-0.05, 0) is 29.8 Å². The van der Waals surface area contributed by atoms with Crippen molar-refractivity contribution >= 4 is 40.0 Å². The maximum Gasteiger partial charge on any atom is 0.330 e. The van der Waals surface area contributed by atoms with Gasteiger partial charge < -0.3 is 15.1 Å². The van der Waals surface area contributed by atoms with Gasteiger partial charge in [0.05, 0.1) is 6.54 Å². The number of nitrogens with two attached hydrogens (primary N) is 1. The van der Waals surface area contributed by atoms with Crippen LogP contribution in [0.15, 0.2) is 68.6 Å². The van der Waals surface area contributed by atoms with Crippen LogP contribution in [0.25, 0.3) is 11.0 Å². The summed E-state index contributed by atoms with van der Waals surface area (Å²) in [7, 11) is 1.39. The first-order chi connectivity index (χ1) is 14.3. The summed E-state index contributed by atoms with van der Waals surface area (Å²) in [6.07, 6.45) is 0. The number of rotatable bonds is 4. The summed E-state index contributed by atoms with van der Waals surface area (Å²) >= 11 is 5.97. The van der Waals surface area contributed by atoms with Gasteiger partial charge in [0.25, 0.3) is 11.5 Å². The molecule has 0 bridgehead atoms. The number of benzene rings is 2. The zero-order valence-electron chi connectivity index (χ0n) is 15.9. The fourth-order valence-electron chi connectivity index (χ4n) is 3.21. The van der Waals surface area contributed by atoms with Crippen LogP contribution in [0.5, 0.6) is 0 Å². The third kappa shape index (κ3) is 3.48. The molecule has 30 heavy (non-hydrogen) atoms. The van der Waals surface area contributed by atoms with E-state index in [-0.39, 0.29) is 23.8 Å². The van der Waals surface area contributed by atoms with Crippen LogP contribution in [0, 0.1) is 0 Å². The molecular weight excluding hydrogens is 408 g/mol. The third-order valence-electron chi connectivity index (χ3n) is 4.73. The van der Waals surface area contributed by atoms with E-state index in [4.69, 9.17) is 21.8 Å². The van der Waals surface area contributed by atoms with Crippen molar-refractivity contribution < 1.29 is 9.21 Å². The maximum absolute atomic E-state index is 13.0. The standard InChI is InChI=1S/C21H17ClN4O4/c1-25(20(28)16-10-13-9-14(22)7-8-15(13)30-16)17-18(23)26(21(29)24-19(17)27)11-12-5-3-2-4-6-12/h2-10H,11,23H2,1H3,(H,24,27,29). The number of halogens is 1. The van der Waals surface area contributed by atoms with Gasteiger partial charge in [0.15, 0.2) is 11.4 Å².